The van der Waals surface area contributed by atoms with Gasteiger partial charge in [-0.25, -0.2) is 4.79 Å². The Labute approximate surface area is 196 Å². The summed E-state index contributed by atoms with van der Waals surface area (Å²) in [6.45, 7) is 5.58. The standard InChI is InChI=1S/C23H26ClN3O6/c1-4-26(13-16-8-6-5-7-9-16)20(28)14-33-23(30)21(15(2)3)25-22(29)17-10-11-18(24)19(12-17)27(31)32/h5-12,15,21H,4,13-14H2,1-3H3,(H,25,29). The van der Waals surface area contributed by atoms with Crippen molar-refractivity contribution in [1.29, 1.82) is 0 Å². The van der Waals surface area contributed by atoms with E-state index < -0.39 is 35.1 Å². The largest absolute Gasteiger partial charge is 0.454 e. The van der Waals surface area contributed by atoms with Gasteiger partial charge in [0.05, 0.1) is 4.92 Å². The van der Waals surface area contributed by atoms with Gasteiger partial charge in [-0.3, -0.25) is 19.7 Å². The first-order chi connectivity index (χ1) is 15.6. The van der Waals surface area contributed by atoms with E-state index in [2.05, 4.69) is 5.32 Å². The van der Waals surface area contributed by atoms with Crippen molar-refractivity contribution in [3.8, 4) is 0 Å². The minimum Gasteiger partial charge on any atom is -0.454 e. The molecule has 0 saturated heterocycles. The minimum absolute atomic E-state index is 0.0272. The molecular weight excluding hydrogens is 450 g/mol. The number of benzene rings is 2. The fraction of sp³-hybridized carbons (Fsp3) is 0.348. The van der Waals surface area contributed by atoms with Gasteiger partial charge in [0.1, 0.15) is 11.1 Å². The zero-order valence-corrected chi connectivity index (χ0v) is 19.4. The molecule has 0 aromatic heterocycles. The number of rotatable bonds is 10. The van der Waals surface area contributed by atoms with Gasteiger partial charge in [0.2, 0.25) is 0 Å². The van der Waals surface area contributed by atoms with Gasteiger partial charge in [0.25, 0.3) is 17.5 Å². The predicted octanol–water partition coefficient (Wildman–Crippen LogP) is 3.59. The molecule has 2 aromatic rings. The Morgan fingerprint density at radius 1 is 1.15 bits per heavy atom. The normalized spacial score (nSPS) is 11.5. The number of amides is 2. The van der Waals surface area contributed by atoms with Gasteiger partial charge in [-0.1, -0.05) is 55.8 Å². The Hall–Kier alpha value is -3.46. The highest BCUT2D eigenvalue weighted by molar-refractivity contribution is 6.32. The van der Waals surface area contributed by atoms with Crippen molar-refractivity contribution in [2.24, 2.45) is 5.92 Å². The molecule has 176 valence electrons. The van der Waals surface area contributed by atoms with Crippen LogP contribution in [-0.4, -0.2) is 46.8 Å². The highest BCUT2D eigenvalue weighted by Crippen LogP contribution is 2.25. The molecule has 0 spiro atoms. The smallest absolute Gasteiger partial charge is 0.329 e. The third-order valence-electron chi connectivity index (χ3n) is 4.90. The average molecular weight is 476 g/mol. The predicted molar refractivity (Wildman–Crippen MR) is 123 cm³/mol. The maximum Gasteiger partial charge on any atom is 0.329 e. The van der Waals surface area contributed by atoms with Gasteiger partial charge < -0.3 is 15.0 Å². The summed E-state index contributed by atoms with van der Waals surface area (Å²) in [6, 6.07) is 12.0. The maximum atomic E-state index is 12.6. The molecule has 0 bridgehead atoms. The van der Waals surface area contributed by atoms with Crippen LogP contribution in [-0.2, 0) is 20.9 Å². The molecule has 2 rings (SSSR count). The van der Waals surface area contributed by atoms with E-state index >= 15 is 0 Å². The van der Waals surface area contributed by atoms with Gasteiger partial charge in [-0.15, -0.1) is 0 Å². The van der Waals surface area contributed by atoms with Crippen LogP contribution in [0.4, 0.5) is 5.69 Å². The molecule has 10 heteroatoms. The van der Waals surface area contributed by atoms with Crippen LogP contribution in [0, 0.1) is 16.0 Å². The monoisotopic (exact) mass is 475 g/mol. The van der Waals surface area contributed by atoms with Gasteiger partial charge in [-0.05, 0) is 30.5 Å². The lowest BCUT2D eigenvalue weighted by atomic mass is 10.0. The second-order valence-corrected chi connectivity index (χ2v) is 8.03. The number of carbonyl (C=O) groups is 3. The van der Waals surface area contributed by atoms with Crippen LogP contribution in [0.2, 0.25) is 5.02 Å². The lowest BCUT2D eigenvalue weighted by Crippen LogP contribution is -2.46. The summed E-state index contributed by atoms with van der Waals surface area (Å²) in [5, 5.41) is 13.5. The molecule has 2 amide bonds. The highest BCUT2D eigenvalue weighted by Gasteiger charge is 2.28. The van der Waals surface area contributed by atoms with Crippen molar-refractivity contribution in [2.75, 3.05) is 13.2 Å². The number of nitro benzene ring substituents is 1. The highest BCUT2D eigenvalue weighted by atomic mass is 35.5. The van der Waals surface area contributed by atoms with Gasteiger partial charge in [-0.2, -0.15) is 0 Å². The summed E-state index contributed by atoms with van der Waals surface area (Å²) in [7, 11) is 0. The lowest BCUT2D eigenvalue weighted by molar-refractivity contribution is -0.384. The van der Waals surface area contributed by atoms with E-state index in [1.54, 1.807) is 18.7 Å². The van der Waals surface area contributed by atoms with E-state index in [1.165, 1.54) is 12.1 Å². The second-order valence-electron chi connectivity index (χ2n) is 7.62. The van der Waals surface area contributed by atoms with E-state index in [-0.39, 0.29) is 22.4 Å². The Morgan fingerprint density at radius 2 is 1.82 bits per heavy atom. The molecular formula is C23H26ClN3O6. The van der Waals surface area contributed by atoms with Crippen molar-refractivity contribution in [2.45, 2.75) is 33.4 Å². The number of hydrogen-bond acceptors (Lipinski definition) is 6. The van der Waals surface area contributed by atoms with Crippen LogP contribution >= 0.6 is 11.6 Å². The molecule has 0 aliphatic rings. The average Bonchev–Trinajstić information content (AvgIpc) is 2.79. The summed E-state index contributed by atoms with van der Waals surface area (Å²) in [5.41, 5.74) is 0.501. The molecule has 0 saturated carbocycles. The molecule has 9 nitrogen and oxygen atoms in total. The van der Waals surface area contributed by atoms with Gasteiger partial charge in [0.15, 0.2) is 6.61 Å². The fourth-order valence-corrected chi connectivity index (χ4v) is 3.20. The Balaban J connectivity index is 2.01. The summed E-state index contributed by atoms with van der Waals surface area (Å²) >= 11 is 5.78. The fourth-order valence-electron chi connectivity index (χ4n) is 3.01. The van der Waals surface area contributed by atoms with Crippen LogP contribution < -0.4 is 5.32 Å². The molecule has 0 aliphatic carbocycles. The molecule has 0 heterocycles. The number of carbonyl (C=O) groups excluding carboxylic acids is 3. The number of nitrogens with zero attached hydrogens (tertiary/aromatic N) is 2. The molecule has 1 N–H and O–H groups in total. The van der Waals surface area contributed by atoms with Crippen LogP contribution in [0.25, 0.3) is 0 Å². The van der Waals surface area contributed by atoms with E-state index in [4.69, 9.17) is 16.3 Å². The molecule has 0 fully saturated rings. The van der Waals surface area contributed by atoms with Crippen LogP contribution in [0.3, 0.4) is 0 Å². The molecule has 2 aromatic carbocycles. The maximum absolute atomic E-state index is 12.6. The lowest BCUT2D eigenvalue weighted by Gasteiger charge is -2.23. The Kier molecular flexibility index (Phi) is 9.35. The molecule has 1 atom stereocenters. The number of nitro groups is 1. The first-order valence-electron chi connectivity index (χ1n) is 10.4. The van der Waals surface area contributed by atoms with Crippen molar-refractivity contribution in [1.82, 2.24) is 10.2 Å². The Morgan fingerprint density at radius 3 is 2.39 bits per heavy atom. The first kappa shape index (κ1) is 25.8. The molecule has 1 unspecified atom stereocenters. The zero-order chi connectivity index (χ0) is 24.5. The van der Waals surface area contributed by atoms with Crippen LogP contribution in [0.1, 0.15) is 36.7 Å². The zero-order valence-electron chi connectivity index (χ0n) is 18.6. The van der Waals surface area contributed by atoms with Crippen LogP contribution in [0.5, 0.6) is 0 Å². The van der Waals surface area contributed by atoms with Crippen molar-refractivity contribution >= 4 is 35.1 Å². The van der Waals surface area contributed by atoms with Gasteiger partial charge in [0, 0.05) is 24.7 Å². The third-order valence-corrected chi connectivity index (χ3v) is 5.22. The Bertz CT molecular complexity index is 1010. The minimum atomic E-state index is -1.05. The number of nitrogens with one attached hydrogen (secondary N) is 1. The van der Waals surface area contributed by atoms with E-state index in [1.807, 2.05) is 37.3 Å². The number of halogens is 1. The number of esters is 1. The molecule has 33 heavy (non-hydrogen) atoms. The van der Waals surface area contributed by atoms with Gasteiger partial charge >= 0.3 is 5.97 Å². The summed E-state index contributed by atoms with van der Waals surface area (Å²) in [5.74, 6) is -2.19. The summed E-state index contributed by atoms with van der Waals surface area (Å²) < 4.78 is 5.19. The number of ether oxygens (including phenoxy) is 1. The molecule has 0 radical (unpaired) electrons. The summed E-state index contributed by atoms with van der Waals surface area (Å²) in [6.07, 6.45) is 0. The topological polar surface area (TPSA) is 119 Å². The van der Waals surface area contributed by atoms with Crippen molar-refractivity contribution in [3.63, 3.8) is 0 Å². The number of likely N-dealkylation sites (N-methyl/N-ethyl adjacent to an activating group) is 1. The first-order valence-corrected chi connectivity index (χ1v) is 10.7. The van der Waals surface area contributed by atoms with E-state index in [0.717, 1.165) is 11.6 Å². The van der Waals surface area contributed by atoms with Crippen molar-refractivity contribution < 1.29 is 24.0 Å². The summed E-state index contributed by atoms with van der Waals surface area (Å²) in [4.78, 5) is 49.7. The SMILES string of the molecule is CCN(Cc1ccccc1)C(=O)COC(=O)C(NC(=O)c1ccc(Cl)c([N+](=O)[O-])c1)C(C)C. The van der Waals surface area contributed by atoms with Crippen molar-refractivity contribution in [3.05, 3.63) is 74.8 Å². The second kappa shape index (κ2) is 12.0. The van der Waals surface area contributed by atoms with E-state index in [9.17, 15) is 24.5 Å². The molecule has 0 aliphatic heterocycles. The quantitative estimate of drug-likeness (QED) is 0.318. The number of hydrogen-bond donors (Lipinski definition) is 1. The van der Waals surface area contributed by atoms with E-state index in [0.29, 0.717) is 13.1 Å². The third kappa shape index (κ3) is 7.28. The van der Waals surface area contributed by atoms with Crippen LogP contribution in [0.15, 0.2) is 48.5 Å².